The Kier molecular flexibility index (Phi) is 11.5. The molecule has 6 nitrogen and oxygen atoms in total. The molecule has 27 heavy (non-hydrogen) atoms. The zero-order chi connectivity index (χ0) is 20.1. The molecule has 0 saturated carbocycles. The molecule has 1 aliphatic heterocycles. The van der Waals surface area contributed by atoms with Gasteiger partial charge in [0.05, 0.1) is 6.54 Å². The maximum Gasteiger partial charge on any atom is 0.222 e. The molecule has 1 unspecified atom stereocenters. The predicted octanol–water partition coefficient (Wildman–Crippen LogP) is 2.25. The lowest BCUT2D eigenvalue weighted by molar-refractivity contribution is -0.127. The summed E-state index contributed by atoms with van der Waals surface area (Å²) in [5.74, 6) is 1.62. The second-order valence-electron chi connectivity index (χ2n) is 7.33. The first-order valence-electron chi connectivity index (χ1n) is 10.3. The van der Waals surface area contributed by atoms with Crippen molar-refractivity contribution in [2.75, 3.05) is 45.8 Å². The number of carbonyl (C=O) groups is 1. The number of guanidine groups is 1. The normalized spacial score (nSPS) is 16.1. The van der Waals surface area contributed by atoms with Gasteiger partial charge >= 0.3 is 0 Å². The summed E-state index contributed by atoms with van der Waals surface area (Å²) in [7, 11) is 0. The maximum absolute atomic E-state index is 11.7. The van der Waals surface area contributed by atoms with Crippen LogP contribution in [0.5, 0.6) is 0 Å². The van der Waals surface area contributed by atoms with Gasteiger partial charge in [0.15, 0.2) is 5.96 Å². The highest BCUT2D eigenvalue weighted by atomic mass is 16.2. The summed E-state index contributed by atoms with van der Waals surface area (Å²) in [4.78, 5) is 20.8. The lowest BCUT2D eigenvalue weighted by Gasteiger charge is -2.32. The summed E-state index contributed by atoms with van der Waals surface area (Å²) in [6, 6.07) is 0.332. The van der Waals surface area contributed by atoms with Gasteiger partial charge in [0.2, 0.25) is 5.91 Å². The van der Waals surface area contributed by atoms with E-state index in [1.807, 2.05) is 17.1 Å². The summed E-state index contributed by atoms with van der Waals surface area (Å²) in [5, 5.41) is 6.72. The van der Waals surface area contributed by atoms with E-state index in [-0.39, 0.29) is 0 Å². The topological polar surface area (TPSA) is 60.0 Å². The van der Waals surface area contributed by atoms with E-state index in [2.05, 4.69) is 49.5 Å². The van der Waals surface area contributed by atoms with Crippen LogP contribution in [0, 0.1) is 5.92 Å². The number of amides is 1. The lowest BCUT2D eigenvalue weighted by atomic mass is 10.0. The van der Waals surface area contributed by atoms with E-state index >= 15 is 0 Å². The predicted molar refractivity (Wildman–Crippen MR) is 115 cm³/mol. The van der Waals surface area contributed by atoms with Crippen LogP contribution in [-0.4, -0.2) is 73.5 Å². The van der Waals surface area contributed by atoms with Gasteiger partial charge in [-0.2, -0.15) is 0 Å². The Balaban J connectivity index is 2.56. The summed E-state index contributed by atoms with van der Waals surface area (Å²) in [6.07, 6.45) is 6.51. The number of nitrogens with zero attached hydrogens (tertiary/aromatic N) is 3. The number of hydrogen-bond acceptors (Lipinski definition) is 3. The van der Waals surface area contributed by atoms with Gasteiger partial charge in [-0.1, -0.05) is 26.0 Å². The SMILES string of the molecule is C=CCN(CC=C)C(CN=C(NCC)NCCCN1CCCC1=O)C(C)C. The van der Waals surface area contributed by atoms with Crippen molar-refractivity contribution in [1.82, 2.24) is 20.4 Å². The van der Waals surface area contributed by atoms with Crippen LogP contribution in [0.3, 0.4) is 0 Å². The van der Waals surface area contributed by atoms with Crippen molar-refractivity contribution in [3.8, 4) is 0 Å². The van der Waals surface area contributed by atoms with Crippen LogP contribution in [0.4, 0.5) is 0 Å². The quantitative estimate of drug-likeness (QED) is 0.224. The van der Waals surface area contributed by atoms with Gasteiger partial charge in [-0.05, 0) is 25.7 Å². The van der Waals surface area contributed by atoms with Gasteiger partial charge in [0, 0.05) is 51.7 Å². The first-order valence-corrected chi connectivity index (χ1v) is 10.3. The fourth-order valence-corrected chi connectivity index (χ4v) is 3.37. The molecular weight excluding hydrogens is 338 g/mol. The van der Waals surface area contributed by atoms with E-state index in [0.717, 1.165) is 64.6 Å². The van der Waals surface area contributed by atoms with Crippen LogP contribution < -0.4 is 10.6 Å². The van der Waals surface area contributed by atoms with Crippen LogP contribution in [0.25, 0.3) is 0 Å². The van der Waals surface area contributed by atoms with E-state index in [9.17, 15) is 4.79 Å². The minimum atomic E-state index is 0.292. The monoisotopic (exact) mass is 377 g/mol. The Morgan fingerprint density at radius 2 is 2.00 bits per heavy atom. The van der Waals surface area contributed by atoms with Crippen LogP contribution >= 0.6 is 0 Å². The third-order valence-electron chi connectivity index (χ3n) is 4.82. The van der Waals surface area contributed by atoms with Crippen molar-refractivity contribution in [1.29, 1.82) is 0 Å². The molecule has 154 valence electrons. The molecule has 1 fully saturated rings. The molecule has 0 aromatic carbocycles. The van der Waals surface area contributed by atoms with Crippen LogP contribution in [0.2, 0.25) is 0 Å². The highest BCUT2D eigenvalue weighted by Crippen LogP contribution is 2.12. The smallest absolute Gasteiger partial charge is 0.222 e. The fourth-order valence-electron chi connectivity index (χ4n) is 3.37. The van der Waals surface area contributed by atoms with Crippen LogP contribution in [0.15, 0.2) is 30.3 Å². The van der Waals surface area contributed by atoms with E-state index in [1.54, 1.807) is 0 Å². The largest absolute Gasteiger partial charge is 0.357 e. The number of hydrogen-bond donors (Lipinski definition) is 2. The van der Waals surface area contributed by atoms with E-state index in [1.165, 1.54) is 0 Å². The minimum Gasteiger partial charge on any atom is -0.357 e. The average Bonchev–Trinajstić information content (AvgIpc) is 3.03. The number of rotatable bonds is 13. The van der Waals surface area contributed by atoms with Gasteiger partial charge in [-0.25, -0.2) is 0 Å². The third kappa shape index (κ3) is 8.61. The van der Waals surface area contributed by atoms with Crippen molar-refractivity contribution in [3.05, 3.63) is 25.3 Å². The van der Waals surface area contributed by atoms with Crippen LogP contribution in [-0.2, 0) is 4.79 Å². The molecule has 1 amide bonds. The molecule has 1 heterocycles. The Morgan fingerprint density at radius 1 is 1.30 bits per heavy atom. The number of nitrogens with one attached hydrogen (secondary N) is 2. The molecule has 0 aromatic heterocycles. The summed E-state index contributed by atoms with van der Waals surface area (Å²) >= 11 is 0. The zero-order valence-electron chi connectivity index (χ0n) is 17.5. The molecular formula is C21H39N5O. The highest BCUT2D eigenvalue weighted by molar-refractivity contribution is 5.79. The van der Waals surface area contributed by atoms with E-state index < -0.39 is 0 Å². The molecule has 1 saturated heterocycles. The summed E-state index contributed by atoms with van der Waals surface area (Å²) in [6.45, 7) is 20.0. The molecule has 1 aliphatic rings. The first-order chi connectivity index (χ1) is 13.0. The molecule has 0 spiro atoms. The second-order valence-corrected chi connectivity index (χ2v) is 7.33. The fraction of sp³-hybridized carbons (Fsp3) is 0.714. The molecule has 0 radical (unpaired) electrons. The van der Waals surface area contributed by atoms with Crippen molar-refractivity contribution < 1.29 is 4.79 Å². The minimum absolute atomic E-state index is 0.292. The van der Waals surface area contributed by atoms with E-state index in [0.29, 0.717) is 24.3 Å². The molecule has 1 rings (SSSR count). The van der Waals surface area contributed by atoms with Crippen molar-refractivity contribution in [2.45, 2.75) is 46.1 Å². The Bertz CT molecular complexity index is 479. The van der Waals surface area contributed by atoms with Gasteiger partial charge < -0.3 is 15.5 Å². The van der Waals surface area contributed by atoms with Gasteiger partial charge in [0.25, 0.3) is 0 Å². The van der Waals surface area contributed by atoms with Gasteiger partial charge in [0.1, 0.15) is 0 Å². The lowest BCUT2D eigenvalue weighted by Crippen LogP contribution is -2.44. The zero-order valence-corrected chi connectivity index (χ0v) is 17.5. The summed E-state index contributed by atoms with van der Waals surface area (Å²) in [5.41, 5.74) is 0. The Morgan fingerprint density at radius 3 is 2.52 bits per heavy atom. The van der Waals surface area contributed by atoms with Crippen LogP contribution in [0.1, 0.15) is 40.0 Å². The van der Waals surface area contributed by atoms with Gasteiger partial charge in [-0.15, -0.1) is 13.2 Å². The standard InChI is InChI=1S/C21H39N5O/c1-6-13-25(14-7-2)19(18(4)5)17-24-21(22-8-3)23-12-10-16-26-15-9-11-20(26)27/h6-7,18-19H,1-2,8-17H2,3-5H3,(H2,22,23,24). The number of aliphatic imine (C=N–C) groups is 1. The van der Waals surface area contributed by atoms with Crippen molar-refractivity contribution in [3.63, 3.8) is 0 Å². The van der Waals surface area contributed by atoms with Crippen molar-refractivity contribution >= 4 is 11.9 Å². The number of likely N-dealkylation sites (tertiary alicyclic amines) is 1. The maximum atomic E-state index is 11.7. The molecule has 1 atom stereocenters. The molecule has 0 aliphatic carbocycles. The Hall–Kier alpha value is -1.82. The molecule has 6 heteroatoms. The average molecular weight is 378 g/mol. The molecule has 0 bridgehead atoms. The van der Waals surface area contributed by atoms with E-state index in [4.69, 9.17) is 4.99 Å². The third-order valence-corrected chi connectivity index (χ3v) is 4.82. The Labute approximate surface area is 165 Å². The highest BCUT2D eigenvalue weighted by Gasteiger charge is 2.20. The summed E-state index contributed by atoms with van der Waals surface area (Å²) < 4.78 is 0. The molecule has 2 N–H and O–H groups in total. The first kappa shape index (κ1) is 23.2. The van der Waals surface area contributed by atoms with Gasteiger partial charge in [-0.3, -0.25) is 14.7 Å². The number of carbonyl (C=O) groups excluding carboxylic acids is 1. The molecule has 0 aromatic rings. The second kappa shape index (κ2) is 13.4. The van der Waals surface area contributed by atoms with Crippen molar-refractivity contribution in [2.24, 2.45) is 10.9 Å².